The number of halogens is 1. The molecule has 0 saturated carbocycles. The average Bonchev–Trinajstić information content (AvgIpc) is 2.63. The molecule has 7 nitrogen and oxygen atoms in total. The molecule has 4 amide bonds. The normalized spacial score (nSPS) is 15.9. The zero-order chi connectivity index (χ0) is 19.7. The molecule has 2 aromatic carbocycles. The summed E-state index contributed by atoms with van der Waals surface area (Å²) in [7, 11) is 1.45. The first kappa shape index (κ1) is 18.5. The molecule has 2 N–H and O–H groups in total. The van der Waals surface area contributed by atoms with Gasteiger partial charge in [-0.2, -0.15) is 0 Å². The largest absolute Gasteiger partial charge is 0.507 e. The Morgan fingerprint density at radius 3 is 2.59 bits per heavy atom. The lowest BCUT2D eigenvalue weighted by molar-refractivity contribution is -0.122. The number of aromatic hydroxyl groups is 1. The molecule has 2 aromatic rings. The molecule has 27 heavy (non-hydrogen) atoms. The summed E-state index contributed by atoms with van der Waals surface area (Å²) < 4.78 is 5.00. The lowest BCUT2D eigenvalue weighted by Crippen LogP contribution is -2.54. The SMILES string of the molecule is COc1ccc(/C=C2\C(=O)NC(=O)N(c3cccc(Cl)c3C)C2=O)c(O)c1. The van der Waals surface area contributed by atoms with Crippen LogP contribution in [0.1, 0.15) is 11.1 Å². The summed E-state index contributed by atoms with van der Waals surface area (Å²) in [6, 6.07) is 8.32. The number of benzene rings is 2. The maximum atomic E-state index is 12.9. The van der Waals surface area contributed by atoms with Crippen LogP contribution in [0.25, 0.3) is 6.08 Å². The number of rotatable bonds is 3. The second kappa shape index (κ2) is 7.13. The fraction of sp³-hybridized carbons (Fsp3) is 0.105. The highest BCUT2D eigenvalue weighted by Gasteiger charge is 2.37. The van der Waals surface area contributed by atoms with Crippen LogP contribution in [-0.2, 0) is 9.59 Å². The maximum Gasteiger partial charge on any atom is 0.335 e. The molecule has 138 valence electrons. The van der Waals surface area contributed by atoms with Gasteiger partial charge in [0.25, 0.3) is 11.8 Å². The zero-order valence-corrected chi connectivity index (χ0v) is 15.2. The van der Waals surface area contributed by atoms with E-state index in [0.717, 1.165) is 4.90 Å². The molecule has 8 heteroatoms. The highest BCUT2D eigenvalue weighted by atomic mass is 35.5. The number of nitrogens with zero attached hydrogens (tertiary/aromatic N) is 1. The van der Waals surface area contributed by atoms with Crippen LogP contribution in [0.2, 0.25) is 5.02 Å². The second-order valence-corrected chi connectivity index (χ2v) is 6.17. The van der Waals surface area contributed by atoms with Gasteiger partial charge in [0, 0.05) is 16.7 Å². The number of imide groups is 2. The number of carbonyl (C=O) groups excluding carboxylic acids is 3. The molecule has 0 aromatic heterocycles. The summed E-state index contributed by atoms with van der Waals surface area (Å²) in [5.74, 6) is -1.43. The smallest absolute Gasteiger partial charge is 0.335 e. The fourth-order valence-electron chi connectivity index (χ4n) is 2.64. The molecular weight excluding hydrogens is 372 g/mol. The highest BCUT2D eigenvalue weighted by Crippen LogP contribution is 2.31. The van der Waals surface area contributed by atoms with Gasteiger partial charge in [-0.3, -0.25) is 14.9 Å². The number of carbonyl (C=O) groups is 3. The maximum absolute atomic E-state index is 12.9. The fourth-order valence-corrected chi connectivity index (χ4v) is 2.81. The molecule has 3 rings (SSSR count). The van der Waals surface area contributed by atoms with Gasteiger partial charge >= 0.3 is 6.03 Å². The van der Waals surface area contributed by atoms with Crippen molar-refractivity contribution in [1.29, 1.82) is 0 Å². The Hall–Kier alpha value is -3.32. The van der Waals surface area contributed by atoms with E-state index in [2.05, 4.69) is 5.32 Å². The van der Waals surface area contributed by atoms with Gasteiger partial charge in [0.2, 0.25) is 0 Å². The standard InChI is InChI=1S/C19H15ClN2O5/c1-10-14(20)4-3-5-15(10)22-18(25)13(17(24)21-19(22)26)8-11-6-7-12(27-2)9-16(11)23/h3-9,23H,1-2H3,(H,21,24,26)/b13-8+. The third kappa shape index (κ3) is 3.37. The van der Waals surface area contributed by atoms with Gasteiger partial charge in [-0.25, -0.2) is 9.69 Å². The Labute approximate surface area is 159 Å². The first-order valence-electron chi connectivity index (χ1n) is 7.87. The molecule has 1 aliphatic heterocycles. The van der Waals surface area contributed by atoms with Crippen LogP contribution in [0, 0.1) is 6.92 Å². The van der Waals surface area contributed by atoms with Crippen LogP contribution < -0.4 is 15.0 Å². The lowest BCUT2D eigenvalue weighted by Gasteiger charge is -2.27. The molecular formula is C19H15ClN2O5. The minimum Gasteiger partial charge on any atom is -0.507 e. The van der Waals surface area contributed by atoms with Gasteiger partial charge < -0.3 is 9.84 Å². The van der Waals surface area contributed by atoms with Crippen molar-refractivity contribution in [1.82, 2.24) is 5.32 Å². The number of methoxy groups -OCH3 is 1. The van der Waals surface area contributed by atoms with Crippen LogP contribution in [0.4, 0.5) is 10.5 Å². The summed E-state index contributed by atoms with van der Waals surface area (Å²) in [5.41, 5.74) is 0.715. The Morgan fingerprint density at radius 1 is 1.19 bits per heavy atom. The summed E-state index contributed by atoms with van der Waals surface area (Å²) in [5, 5.41) is 12.6. The number of nitrogens with one attached hydrogen (secondary N) is 1. The molecule has 1 saturated heterocycles. The molecule has 0 spiro atoms. The number of anilines is 1. The van der Waals surface area contributed by atoms with Crippen molar-refractivity contribution in [2.24, 2.45) is 0 Å². The second-order valence-electron chi connectivity index (χ2n) is 5.77. The molecule has 0 atom stereocenters. The first-order valence-corrected chi connectivity index (χ1v) is 8.25. The topological polar surface area (TPSA) is 95.9 Å². The van der Waals surface area contributed by atoms with Crippen molar-refractivity contribution in [2.75, 3.05) is 12.0 Å². The van der Waals surface area contributed by atoms with Crippen molar-refractivity contribution >= 4 is 41.2 Å². The lowest BCUT2D eigenvalue weighted by atomic mass is 10.0. The molecule has 1 aliphatic rings. The van der Waals surface area contributed by atoms with Crippen LogP contribution >= 0.6 is 11.6 Å². The molecule has 1 fully saturated rings. The van der Waals surface area contributed by atoms with E-state index in [1.165, 1.54) is 25.3 Å². The third-order valence-electron chi connectivity index (χ3n) is 4.12. The van der Waals surface area contributed by atoms with E-state index in [1.54, 1.807) is 31.2 Å². The Morgan fingerprint density at radius 2 is 1.93 bits per heavy atom. The van der Waals surface area contributed by atoms with Crippen LogP contribution in [0.15, 0.2) is 42.0 Å². The number of phenols is 1. The van der Waals surface area contributed by atoms with Gasteiger partial charge in [0.15, 0.2) is 0 Å². The summed E-state index contributed by atoms with van der Waals surface area (Å²) in [6.45, 7) is 1.66. The van der Waals surface area contributed by atoms with Gasteiger partial charge in [-0.1, -0.05) is 17.7 Å². The quantitative estimate of drug-likeness (QED) is 0.624. The van der Waals surface area contributed by atoms with E-state index in [-0.39, 0.29) is 22.6 Å². The minimum atomic E-state index is -0.869. The average molecular weight is 387 g/mol. The van der Waals surface area contributed by atoms with E-state index < -0.39 is 17.8 Å². The van der Waals surface area contributed by atoms with Crippen molar-refractivity contribution in [3.63, 3.8) is 0 Å². The van der Waals surface area contributed by atoms with E-state index in [4.69, 9.17) is 16.3 Å². The minimum absolute atomic E-state index is 0.176. The predicted molar refractivity (Wildman–Crippen MR) is 99.8 cm³/mol. The Bertz CT molecular complexity index is 1000. The van der Waals surface area contributed by atoms with Crippen molar-refractivity contribution in [3.05, 3.63) is 58.1 Å². The van der Waals surface area contributed by atoms with Crippen LogP contribution in [0.5, 0.6) is 11.5 Å². The van der Waals surface area contributed by atoms with E-state index in [0.29, 0.717) is 16.3 Å². The van der Waals surface area contributed by atoms with Gasteiger partial charge in [0.05, 0.1) is 12.8 Å². The monoisotopic (exact) mass is 386 g/mol. The van der Waals surface area contributed by atoms with E-state index in [9.17, 15) is 19.5 Å². The van der Waals surface area contributed by atoms with Crippen molar-refractivity contribution in [3.8, 4) is 11.5 Å². The Kier molecular flexibility index (Phi) is 4.87. The number of amides is 4. The molecule has 0 bridgehead atoms. The molecule has 1 heterocycles. The Balaban J connectivity index is 2.06. The number of hydrogen-bond donors (Lipinski definition) is 2. The number of urea groups is 1. The van der Waals surface area contributed by atoms with Crippen molar-refractivity contribution < 1.29 is 24.2 Å². The predicted octanol–water partition coefficient (Wildman–Crippen LogP) is 3.03. The summed E-state index contributed by atoms with van der Waals surface area (Å²) in [6.07, 6.45) is 1.21. The summed E-state index contributed by atoms with van der Waals surface area (Å²) >= 11 is 6.08. The van der Waals surface area contributed by atoms with E-state index in [1.807, 2.05) is 0 Å². The van der Waals surface area contributed by atoms with Gasteiger partial charge in [-0.15, -0.1) is 0 Å². The number of hydrogen-bond acceptors (Lipinski definition) is 5. The van der Waals surface area contributed by atoms with E-state index >= 15 is 0 Å². The number of phenolic OH excluding ortho intramolecular Hbond substituents is 1. The number of barbiturate groups is 1. The number of ether oxygens (including phenoxy) is 1. The summed E-state index contributed by atoms with van der Waals surface area (Å²) in [4.78, 5) is 38.2. The van der Waals surface area contributed by atoms with Gasteiger partial charge in [-0.05, 0) is 42.8 Å². The third-order valence-corrected chi connectivity index (χ3v) is 4.53. The highest BCUT2D eigenvalue weighted by molar-refractivity contribution is 6.40. The zero-order valence-electron chi connectivity index (χ0n) is 14.4. The molecule has 0 radical (unpaired) electrons. The van der Waals surface area contributed by atoms with Gasteiger partial charge in [0.1, 0.15) is 17.1 Å². The first-order chi connectivity index (χ1) is 12.8. The van der Waals surface area contributed by atoms with Crippen LogP contribution in [-0.4, -0.2) is 30.1 Å². The van der Waals surface area contributed by atoms with Crippen LogP contribution in [0.3, 0.4) is 0 Å². The molecule has 0 aliphatic carbocycles. The van der Waals surface area contributed by atoms with Crippen molar-refractivity contribution in [2.45, 2.75) is 6.92 Å². The molecule has 0 unspecified atom stereocenters.